The number of methoxy groups -OCH3 is 1. The summed E-state index contributed by atoms with van der Waals surface area (Å²) < 4.78 is 4.48. The van der Waals surface area contributed by atoms with E-state index >= 15 is 0 Å². The Morgan fingerprint density at radius 3 is 2.78 bits per heavy atom. The first-order valence-corrected chi connectivity index (χ1v) is 2.16. The molecule has 0 aromatic rings. The lowest BCUT2D eigenvalue weighted by molar-refractivity contribution is -0.756. The molecule has 0 unspecified atom stereocenters. The minimum absolute atomic E-state index is 0.205. The highest BCUT2D eigenvalue weighted by Gasteiger charge is 1.95. The van der Waals surface area contributed by atoms with Crippen LogP contribution in [0.25, 0.3) is 0 Å². The first kappa shape index (κ1) is 7.74. The van der Waals surface area contributed by atoms with Gasteiger partial charge in [0.2, 0.25) is 0 Å². The van der Waals surface area contributed by atoms with Crippen molar-refractivity contribution >= 4 is 0 Å². The lowest BCUT2D eigenvalue weighted by Gasteiger charge is -1.99. The molecule has 0 aromatic carbocycles. The summed E-state index contributed by atoms with van der Waals surface area (Å²) in [6.07, 6.45) is 0. The highest BCUT2D eigenvalue weighted by atomic mass is 17.0. The van der Waals surface area contributed by atoms with Crippen molar-refractivity contribution in [1.29, 1.82) is 0 Å². The van der Waals surface area contributed by atoms with Gasteiger partial charge in [-0.05, 0) is 0 Å². The minimum atomic E-state index is -0.899. The number of rotatable bonds is 4. The van der Waals surface area contributed by atoms with Crippen molar-refractivity contribution in [2.75, 3.05) is 13.7 Å². The molecule has 5 heteroatoms. The Hall–Kier alpha value is -1.26. The molecule has 0 heterocycles. The second-order valence-electron chi connectivity index (χ2n) is 1.24. The van der Waals surface area contributed by atoms with Crippen LogP contribution in [0.5, 0.6) is 0 Å². The number of hydrogen-bond donors (Lipinski definition) is 0. The molecule has 0 aliphatic rings. The first-order chi connectivity index (χ1) is 4.16. The van der Waals surface area contributed by atoms with Gasteiger partial charge in [0.15, 0.2) is 6.61 Å². The molecule has 52 valence electrons. The van der Waals surface area contributed by atoms with E-state index in [1.807, 2.05) is 0 Å². The van der Waals surface area contributed by atoms with Gasteiger partial charge in [-0.15, -0.1) is 10.1 Å². The van der Waals surface area contributed by atoms with Crippen molar-refractivity contribution in [2.24, 2.45) is 0 Å². The number of nitrogens with zero attached hydrogens (tertiary/aromatic N) is 1. The third-order valence-corrected chi connectivity index (χ3v) is 0.620. The van der Waals surface area contributed by atoms with Gasteiger partial charge >= 0.3 is 0 Å². The molecule has 0 saturated carbocycles. The molecule has 0 saturated heterocycles. The van der Waals surface area contributed by atoms with Gasteiger partial charge in [0.1, 0.15) is 5.76 Å². The maximum atomic E-state index is 9.51. The Labute approximate surface area is 52.0 Å². The largest absolute Gasteiger partial charge is 0.500 e. The van der Waals surface area contributed by atoms with E-state index in [0.717, 1.165) is 0 Å². The Morgan fingerprint density at radius 1 is 1.89 bits per heavy atom. The summed E-state index contributed by atoms with van der Waals surface area (Å²) in [6.45, 7) is 3.09. The molecule has 0 rings (SSSR count). The SMILES string of the molecule is C=C(CO[N+](=O)[O-])OC. The van der Waals surface area contributed by atoms with Crippen molar-refractivity contribution in [1.82, 2.24) is 0 Å². The van der Waals surface area contributed by atoms with E-state index in [1.54, 1.807) is 0 Å². The average molecular weight is 133 g/mol. The Morgan fingerprint density at radius 2 is 2.44 bits per heavy atom. The molecule has 5 nitrogen and oxygen atoms in total. The van der Waals surface area contributed by atoms with E-state index in [-0.39, 0.29) is 12.4 Å². The van der Waals surface area contributed by atoms with Crippen molar-refractivity contribution in [3.63, 3.8) is 0 Å². The van der Waals surface area contributed by atoms with Gasteiger partial charge in [-0.3, -0.25) is 0 Å². The first-order valence-electron chi connectivity index (χ1n) is 2.16. The normalized spacial score (nSPS) is 8.11. The predicted octanol–water partition coefficient (Wildman–Crippen LogP) is 0.355. The number of ether oxygens (including phenoxy) is 1. The fraction of sp³-hybridized carbons (Fsp3) is 0.500. The smallest absolute Gasteiger partial charge is 0.294 e. The van der Waals surface area contributed by atoms with Crippen LogP contribution in [-0.2, 0) is 9.57 Å². The molecule has 0 radical (unpaired) electrons. The van der Waals surface area contributed by atoms with Crippen LogP contribution in [0, 0.1) is 10.1 Å². The molecule has 0 aromatic heterocycles. The molecule has 0 atom stereocenters. The second kappa shape index (κ2) is 3.71. The fourth-order valence-corrected chi connectivity index (χ4v) is 0.184. The maximum absolute atomic E-state index is 9.51. The molecular weight excluding hydrogens is 126 g/mol. The van der Waals surface area contributed by atoms with E-state index in [2.05, 4.69) is 16.2 Å². The summed E-state index contributed by atoms with van der Waals surface area (Å²) in [5, 5.41) is 8.61. The maximum Gasteiger partial charge on any atom is 0.294 e. The highest BCUT2D eigenvalue weighted by Crippen LogP contribution is 1.89. The summed E-state index contributed by atoms with van der Waals surface area (Å²) in [4.78, 5) is 13.4. The topological polar surface area (TPSA) is 61.6 Å². The van der Waals surface area contributed by atoms with Crippen molar-refractivity contribution in [2.45, 2.75) is 0 Å². The van der Waals surface area contributed by atoms with Gasteiger partial charge in [-0.25, -0.2) is 0 Å². The zero-order valence-electron chi connectivity index (χ0n) is 4.99. The van der Waals surface area contributed by atoms with E-state index in [0.29, 0.717) is 0 Å². The van der Waals surface area contributed by atoms with Gasteiger partial charge in [-0.1, -0.05) is 6.58 Å². The zero-order valence-corrected chi connectivity index (χ0v) is 4.99. The molecule has 9 heavy (non-hydrogen) atoms. The predicted molar refractivity (Wildman–Crippen MR) is 29.1 cm³/mol. The van der Waals surface area contributed by atoms with Crippen LogP contribution in [0.15, 0.2) is 12.3 Å². The molecular formula is C4H7NO4. The van der Waals surface area contributed by atoms with Crippen LogP contribution >= 0.6 is 0 Å². The van der Waals surface area contributed by atoms with Gasteiger partial charge in [-0.2, -0.15) is 0 Å². The zero-order chi connectivity index (χ0) is 7.28. The highest BCUT2D eigenvalue weighted by molar-refractivity contribution is 4.79. The third-order valence-electron chi connectivity index (χ3n) is 0.620. The van der Waals surface area contributed by atoms with Crippen LogP contribution in [-0.4, -0.2) is 18.8 Å². The molecule has 0 amide bonds. The van der Waals surface area contributed by atoms with E-state index in [9.17, 15) is 10.1 Å². The molecule has 0 bridgehead atoms. The van der Waals surface area contributed by atoms with Crippen molar-refractivity contribution in [3.8, 4) is 0 Å². The summed E-state index contributed by atoms with van der Waals surface area (Å²) in [6, 6.07) is 0. The number of hydrogen-bond acceptors (Lipinski definition) is 4. The van der Waals surface area contributed by atoms with Crippen LogP contribution in [0.1, 0.15) is 0 Å². The van der Waals surface area contributed by atoms with Crippen LogP contribution < -0.4 is 0 Å². The van der Waals surface area contributed by atoms with Crippen LogP contribution in [0.4, 0.5) is 0 Å². The monoisotopic (exact) mass is 133 g/mol. The summed E-state index contributed by atoms with van der Waals surface area (Å²) in [5.74, 6) is 0.228. The van der Waals surface area contributed by atoms with Crippen LogP contribution in [0.2, 0.25) is 0 Å². The van der Waals surface area contributed by atoms with E-state index in [1.165, 1.54) is 7.11 Å². The van der Waals surface area contributed by atoms with Crippen molar-refractivity contribution in [3.05, 3.63) is 22.5 Å². The molecule has 0 fully saturated rings. The van der Waals surface area contributed by atoms with E-state index in [4.69, 9.17) is 0 Å². The quantitative estimate of drug-likeness (QED) is 0.315. The molecule has 0 N–H and O–H groups in total. The van der Waals surface area contributed by atoms with Gasteiger partial charge in [0.05, 0.1) is 7.11 Å². The average Bonchev–Trinajstić information content (AvgIpc) is 1.83. The molecule has 0 aliphatic carbocycles. The summed E-state index contributed by atoms with van der Waals surface area (Å²) >= 11 is 0. The van der Waals surface area contributed by atoms with Crippen LogP contribution in [0.3, 0.4) is 0 Å². The third kappa shape index (κ3) is 4.60. The Bertz CT molecular complexity index is 122. The van der Waals surface area contributed by atoms with Gasteiger partial charge in [0.25, 0.3) is 5.09 Å². The second-order valence-corrected chi connectivity index (χ2v) is 1.24. The Kier molecular flexibility index (Phi) is 3.19. The van der Waals surface area contributed by atoms with E-state index < -0.39 is 5.09 Å². The lowest BCUT2D eigenvalue weighted by Crippen LogP contribution is -2.04. The molecule has 0 spiro atoms. The Balaban J connectivity index is 3.28. The lowest BCUT2D eigenvalue weighted by atomic mass is 10.6. The standard InChI is InChI=1S/C4H7NO4/c1-4(8-2)3-9-5(6)7/h1,3H2,2H3. The van der Waals surface area contributed by atoms with Crippen molar-refractivity contribution < 1.29 is 14.7 Å². The molecule has 0 aliphatic heterocycles. The summed E-state index contributed by atoms with van der Waals surface area (Å²) in [5.41, 5.74) is 0. The minimum Gasteiger partial charge on any atom is -0.500 e. The van der Waals surface area contributed by atoms with Gasteiger partial charge in [0, 0.05) is 0 Å². The van der Waals surface area contributed by atoms with Gasteiger partial charge < -0.3 is 9.57 Å². The fourth-order valence-electron chi connectivity index (χ4n) is 0.184. The summed E-state index contributed by atoms with van der Waals surface area (Å²) in [7, 11) is 1.37.